The molecule has 4 nitrogen and oxygen atoms in total. The van der Waals surface area contributed by atoms with Crippen molar-refractivity contribution in [3.8, 4) is 0 Å². The van der Waals surface area contributed by atoms with Crippen LogP contribution in [-0.2, 0) is 4.79 Å². The number of nitrogens with zero attached hydrogens (tertiary/aromatic N) is 1. The molecular weight excluding hydrogens is 218 g/mol. The fourth-order valence-corrected chi connectivity index (χ4v) is 3.24. The van der Waals surface area contributed by atoms with Gasteiger partial charge in [0.1, 0.15) is 0 Å². The quantitative estimate of drug-likeness (QED) is 0.782. The molecule has 98 valence electrons. The molecule has 2 rings (SSSR count). The lowest BCUT2D eigenvalue weighted by molar-refractivity contribution is -0.137. The van der Waals surface area contributed by atoms with Crippen molar-refractivity contribution in [1.82, 2.24) is 4.90 Å². The van der Waals surface area contributed by atoms with Crippen LogP contribution in [0.15, 0.2) is 0 Å². The van der Waals surface area contributed by atoms with Crippen LogP contribution in [0.4, 0.5) is 0 Å². The first-order chi connectivity index (χ1) is 8.16. The average Bonchev–Trinajstić information content (AvgIpc) is 2.75. The van der Waals surface area contributed by atoms with E-state index >= 15 is 0 Å². The van der Waals surface area contributed by atoms with E-state index in [-0.39, 0.29) is 12.5 Å². The second-order valence-electron chi connectivity index (χ2n) is 5.50. The molecule has 1 aliphatic heterocycles. The van der Waals surface area contributed by atoms with Crippen LogP contribution in [0.25, 0.3) is 0 Å². The molecule has 1 saturated heterocycles. The lowest BCUT2D eigenvalue weighted by atomic mass is 9.91. The molecule has 0 radical (unpaired) electrons. The number of hydrogen-bond acceptors (Lipinski definition) is 3. The van der Waals surface area contributed by atoms with Crippen LogP contribution in [0, 0.1) is 5.92 Å². The first-order valence-corrected chi connectivity index (χ1v) is 6.80. The lowest BCUT2D eigenvalue weighted by Gasteiger charge is -2.35. The zero-order valence-electron chi connectivity index (χ0n) is 10.3. The summed E-state index contributed by atoms with van der Waals surface area (Å²) in [5.74, 6) is -0.179. The third-order valence-corrected chi connectivity index (χ3v) is 4.25. The Bertz CT molecular complexity index is 269. The van der Waals surface area contributed by atoms with E-state index in [0.29, 0.717) is 12.0 Å². The Morgan fingerprint density at radius 3 is 2.71 bits per heavy atom. The van der Waals surface area contributed by atoms with Crippen molar-refractivity contribution >= 4 is 5.97 Å². The number of carboxylic acid groups (broad SMARTS) is 1. The molecule has 4 heteroatoms. The summed E-state index contributed by atoms with van der Waals surface area (Å²) in [5, 5.41) is 18.7. The molecule has 1 heterocycles. The molecule has 2 N–H and O–H groups in total. The van der Waals surface area contributed by atoms with Gasteiger partial charge in [-0.2, -0.15) is 0 Å². The highest BCUT2D eigenvalue weighted by molar-refractivity contribution is 5.66. The number of rotatable bonds is 4. The molecule has 0 amide bonds. The van der Waals surface area contributed by atoms with Gasteiger partial charge >= 0.3 is 5.97 Å². The van der Waals surface area contributed by atoms with E-state index in [2.05, 4.69) is 4.90 Å². The van der Waals surface area contributed by atoms with Crippen LogP contribution in [0.5, 0.6) is 0 Å². The highest BCUT2D eigenvalue weighted by Crippen LogP contribution is 2.29. The largest absolute Gasteiger partial charge is 0.481 e. The topological polar surface area (TPSA) is 60.8 Å². The molecule has 0 aromatic carbocycles. The summed E-state index contributed by atoms with van der Waals surface area (Å²) >= 11 is 0. The van der Waals surface area contributed by atoms with Crippen molar-refractivity contribution in [2.45, 2.75) is 57.1 Å². The predicted octanol–water partition coefficient (Wildman–Crippen LogP) is 1.48. The van der Waals surface area contributed by atoms with Crippen LogP contribution in [0.1, 0.15) is 44.9 Å². The maximum Gasteiger partial charge on any atom is 0.303 e. The maximum atomic E-state index is 10.5. The minimum atomic E-state index is -0.693. The Morgan fingerprint density at radius 2 is 2.00 bits per heavy atom. The van der Waals surface area contributed by atoms with Crippen LogP contribution in [0.3, 0.4) is 0 Å². The number of carbonyl (C=O) groups is 1. The van der Waals surface area contributed by atoms with E-state index in [1.807, 2.05) is 0 Å². The average molecular weight is 241 g/mol. The first-order valence-electron chi connectivity index (χ1n) is 6.80. The normalized spacial score (nSPS) is 35.0. The van der Waals surface area contributed by atoms with Gasteiger partial charge in [-0.05, 0) is 38.1 Å². The molecule has 0 aromatic heterocycles. The van der Waals surface area contributed by atoms with Crippen LogP contribution >= 0.6 is 0 Å². The third-order valence-electron chi connectivity index (χ3n) is 4.25. The zero-order chi connectivity index (χ0) is 12.3. The van der Waals surface area contributed by atoms with Crippen molar-refractivity contribution in [2.24, 2.45) is 5.92 Å². The van der Waals surface area contributed by atoms with Gasteiger partial charge in [-0.3, -0.25) is 9.69 Å². The molecule has 0 spiro atoms. The van der Waals surface area contributed by atoms with Gasteiger partial charge in [0.05, 0.1) is 6.10 Å². The van der Waals surface area contributed by atoms with E-state index in [1.54, 1.807) is 0 Å². The number of carboxylic acids is 1. The van der Waals surface area contributed by atoms with Gasteiger partial charge in [-0.1, -0.05) is 12.8 Å². The van der Waals surface area contributed by atoms with Gasteiger partial charge in [0.25, 0.3) is 0 Å². The third kappa shape index (κ3) is 3.42. The molecule has 3 unspecified atom stereocenters. The molecule has 3 atom stereocenters. The zero-order valence-corrected chi connectivity index (χ0v) is 10.3. The van der Waals surface area contributed by atoms with Gasteiger partial charge in [0.15, 0.2) is 0 Å². The van der Waals surface area contributed by atoms with Gasteiger partial charge in [-0.25, -0.2) is 0 Å². The SMILES string of the molecule is O=C(O)CCC1CCN(C2CCCCC2O)C1. The highest BCUT2D eigenvalue weighted by Gasteiger charge is 2.33. The molecule has 2 aliphatic rings. The van der Waals surface area contributed by atoms with E-state index in [4.69, 9.17) is 5.11 Å². The number of hydrogen-bond donors (Lipinski definition) is 2. The summed E-state index contributed by atoms with van der Waals surface area (Å²) in [6.45, 7) is 2.01. The van der Waals surface area contributed by atoms with E-state index in [1.165, 1.54) is 6.42 Å². The standard InChI is InChI=1S/C13H23NO3/c15-12-4-2-1-3-11(12)14-8-7-10(9-14)5-6-13(16)17/h10-12,15H,1-9H2,(H,16,17). The summed E-state index contributed by atoms with van der Waals surface area (Å²) in [6.07, 6.45) is 6.40. The molecule has 1 aliphatic carbocycles. The smallest absolute Gasteiger partial charge is 0.303 e. The second kappa shape index (κ2) is 5.83. The summed E-state index contributed by atoms with van der Waals surface area (Å²) in [4.78, 5) is 12.9. The molecule has 2 fully saturated rings. The van der Waals surface area contributed by atoms with Crippen LogP contribution in [-0.4, -0.2) is 46.3 Å². The Morgan fingerprint density at radius 1 is 1.24 bits per heavy atom. The molecule has 0 bridgehead atoms. The van der Waals surface area contributed by atoms with E-state index in [0.717, 1.165) is 45.2 Å². The number of likely N-dealkylation sites (tertiary alicyclic amines) is 1. The summed E-state index contributed by atoms with van der Waals surface area (Å²) in [7, 11) is 0. The minimum absolute atomic E-state index is 0.165. The van der Waals surface area contributed by atoms with Gasteiger partial charge in [0.2, 0.25) is 0 Å². The van der Waals surface area contributed by atoms with Crippen molar-refractivity contribution in [2.75, 3.05) is 13.1 Å². The van der Waals surface area contributed by atoms with Crippen LogP contribution in [0.2, 0.25) is 0 Å². The molecule has 1 saturated carbocycles. The monoisotopic (exact) mass is 241 g/mol. The fourth-order valence-electron chi connectivity index (χ4n) is 3.24. The molecule has 0 aromatic rings. The van der Waals surface area contributed by atoms with Crippen molar-refractivity contribution in [3.05, 3.63) is 0 Å². The second-order valence-corrected chi connectivity index (χ2v) is 5.50. The Kier molecular flexibility index (Phi) is 4.40. The number of aliphatic hydroxyl groups excluding tert-OH is 1. The van der Waals surface area contributed by atoms with E-state index in [9.17, 15) is 9.90 Å². The number of aliphatic carboxylic acids is 1. The Hall–Kier alpha value is -0.610. The molecular formula is C13H23NO3. The Balaban J connectivity index is 1.78. The van der Waals surface area contributed by atoms with Crippen LogP contribution < -0.4 is 0 Å². The highest BCUT2D eigenvalue weighted by atomic mass is 16.4. The Labute approximate surface area is 103 Å². The first kappa shape index (κ1) is 12.8. The summed E-state index contributed by atoms with van der Waals surface area (Å²) < 4.78 is 0. The van der Waals surface area contributed by atoms with Crippen molar-refractivity contribution < 1.29 is 15.0 Å². The molecule has 17 heavy (non-hydrogen) atoms. The maximum absolute atomic E-state index is 10.5. The van der Waals surface area contributed by atoms with Gasteiger partial charge in [-0.15, -0.1) is 0 Å². The van der Waals surface area contributed by atoms with E-state index < -0.39 is 5.97 Å². The van der Waals surface area contributed by atoms with Gasteiger partial charge in [0, 0.05) is 19.0 Å². The fraction of sp³-hybridized carbons (Fsp3) is 0.923. The predicted molar refractivity (Wildman–Crippen MR) is 64.8 cm³/mol. The van der Waals surface area contributed by atoms with Crippen molar-refractivity contribution in [3.63, 3.8) is 0 Å². The summed E-state index contributed by atoms with van der Waals surface area (Å²) in [5.41, 5.74) is 0. The van der Waals surface area contributed by atoms with Gasteiger partial charge < -0.3 is 10.2 Å². The van der Waals surface area contributed by atoms with Crippen molar-refractivity contribution in [1.29, 1.82) is 0 Å². The summed E-state index contributed by atoms with van der Waals surface area (Å²) in [6, 6.07) is 0.332. The lowest BCUT2D eigenvalue weighted by Crippen LogP contribution is -2.44. The number of aliphatic hydroxyl groups is 1. The minimum Gasteiger partial charge on any atom is -0.481 e.